The van der Waals surface area contributed by atoms with Crippen molar-refractivity contribution >= 4 is 5.84 Å². The largest absolute Gasteiger partial charge is 0.411 e. The van der Waals surface area contributed by atoms with Crippen LogP contribution in [-0.2, 0) is 9.47 Å². The van der Waals surface area contributed by atoms with Gasteiger partial charge in [0.05, 0.1) is 12.4 Å². The van der Waals surface area contributed by atoms with Gasteiger partial charge in [0.1, 0.15) is 6.61 Å². The number of hydrogen-bond acceptors (Lipinski definition) is 4. The second-order valence-corrected chi connectivity index (χ2v) is 4.13. The molecular formula is C11H22F3N3O2. The lowest BCUT2D eigenvalue weighted by Crippen LogP contribution is -2.32. The molecule has 114 valence electrons. The number of nitrogens with two attached hydrogens (primary N) is 1. The van der Waals surface area contributed by atoms with Gasteiger partial charge in [-0.1, -0.05) is 0 Å². The quantitative estimate of drug-likeness (QED) is 0.340. The average Bonchev–Trinajstić information content (AvgIpc) is 2.29. The van der Waals surface area contributed by atoms with Crippen LogP contribution in [0.15, 0.2) is 0 Å². The molecule has 3 N–H and O–H groups in total. The summed E-state index contributed by atoms with van der Waals surface area (Å²) in [6, 6.07) is 0. The van der Waals surface area contributed by atoms with Crippen molar-refractivity contribution in [3.63, 3.8) is 0 Å². The Hall–Kier alpha value is -0.860. The number of nitrogens with zero attached hydrogens (tertiary/aromatic N) is 1. The van der Waals surface area contributed by atoms with Crippen LogP contribution in [0.5, 0.6) is 0 Å². The minimum Gasteiger partial charge on any atom is -0.388 e. The molecular weight excluding hydrogens is 263 g/mol. The van der Waals surface area contributed by atoms with Gasteiger partial charge in [-0.05, 0) is 6.42 Å². The molecule has 0 radical (unpaired) electrons. The van der Waals surface area contributed by atoms with E-state index in [0.29, 0.717) is 39.1 Å². The smallest absolute Gasteiger partial charge is 0.388 e. The predicted molar refractivity (Wildman–Crippen MR) is 66.3 cm³/mol. The first kappa shape index (κ1) is 18.1. The van der Waals surface area contributed by atoms with Crippen molar-refractivity contribution in [2.24, 2.45) is 5.73 Å². The van der Waals surface area contributed by atoms with Crippen LogP contribution in [0.2, 0.25) is 0 Å². The zero-order chi connectivity index (χ0) is 14.7. The third-order valence-electron chi connectivity index (χ3n) is 2.34. The van der Waals surface area contributed by atoms with Gasteiger partial charge in [-0.25, -0.2) is 0 Å². The van der Waals surface area contributed by atoms with Crippen LogP contribution in [0.1, 0.15) is 12.8 Å². The fraction of sp³-hybridized carbons (Fsp3) is 0.909. The Kier molecular flexibility index (Phi) is 9.54. The van der Waals surface area contributed by atoms with Crippen LogP contribution in [-0.4, -0.2) is 63.5 Å². The van der Waals surface area contributed by atoms with Crippen LogP contribution >= 0.6 is 0 Å². The van der Waals surface area contributed by atoms with E-state index in [-0.39, 0.29) is 12.4 Å². The van der Waals surface area contributed by atoms with Gasteiger partial charge in [0, 0.05) is 39.8 Å². The number of rotatable bonds is 11. The minimum atomic E-state index is -4.27. The molecule has 0 aliphatic carbocycles. The summed E-state index contributed by atoms with van der Waals surface area (Å²) in [7, 11) is 1.58. The maximum Gasteiger partial charge on any atom is 0.411 e. The molecule has 0 atom stereocenters. The fourth-order valence-corrected chi connectivity index (χ4v) is 1.41. The second-order valence-electron chi connectivity index (χ2n) is 4.13. The highest BCUT2D eigenvalue weighted by Gasteiger charge is 2.27. The fourth-order valence-electron chi connectivity index (χ4n) is 1.41. The highest BCUT2D eigenvalue weighted by atomic mass is 19.4. The molecule has 0 unspecified atom stereocenters. The first-order chi connectivity index (χ1) is 8.85. The van der Waals surface area contributed by atoms with Gasteiger partial charge in [0.2, 0.25) is 0 Å². The molecule has 0 amide bonds. The normalized spacial score (nSPS) is 12.1. The Bertz CT molecular complexity index is 250. The maximum atomic E-state index is 11.8. The van der Waals surface area contributed by atoms with E-state index in [1.807, 2.05) is 4.90 Å². The molecule has 0 aliphatic heterocycles. The van der Waals surface area contributed by atoms with Crippen LogP contribution in [0.3, 0.4) is 0 Å². The average molecular weight is 285 g/mol. The molecule has 0 aliphatic rings. The summed E-state index contributed by atoms with van der Waals surface area (Å²) in [4.78, 5) is 1.99. The van der Waals surface area contributed by atoms with Crippen molar-refractivity contribution in [2.75, 3.05) is 46.6 Å². The van der Waals surface area contributed by atoms with E-state index < -0.39 is 12.8 Å². The lowest BCUT2D eigenvalue weighted by molar-refractivity contribution is -0.174. The van der Waals surface area contributed by atoms with Crippen molar-refractivity contribution < 1.29 is 22.6 Å². The van der Waals surface area contributed by atoms with Crippen LogP contribution in [0.4, 0.5) is 13.2 Å². The first-order valence-electron chi connectivity index (χ1n) is 6.04. The van der Waals surface area contributed by atoms with Gasteiger partial charge < -0.3 is 20.1 Å². The zero-order valence-electron chi connectivity index (χ0n) is 11.1. The van der Waals surface area contributed by atoms with Gasteiger partial charge in [-0.3, -0.25) is 5.41 Å². The summed E-state index contributed by atoms with van der Waals surface area (Å²) in [5, 5.41) is 7.15. The summed E-state index contributed by atoms with van der Waals surface area (Å²) in [5.41, 5.74) is 5.27. The third kappa shape index (κ3) is 13.4. The van der Waals surface area contributed by atoms with Gasteiger partial charge in [-0.15, -0.1) is 0 Å². The molecule has 8 heteroatoms. The summed E-state index contributed by atoms with van der Waals surface area (Å²) >= 11 is 0. The molecule has 0 fully saturated rings. The van der Waals surface area contributed by atoms with Crippen molar-refractivity contribution in [1.29, 1.82) is 5.41 Å². The molecule has 0 heterocycles. The van der Waals surface area contributed by atoms with Gasteiger partial charge in [0.25, 0.3) is 0 Å². The standard InChI is InChI=1S/C11H22F3N3O2/c1-18-8-6-17(5-3-10(15)16)4-2-7-19-9-11(12,13)14/h2-9H2,1H3,(H3,15,16). The molecule has 19 heavy (non-hydrogen) atoms. The van der Waals surface area contributed by atoms with E-state index >= 15 is 0 Å². The third-order valence-corrected chi connectivity index (χ3v) is 2.34. The van der Waals surface area contributed by atoms with Crippen molar-refractivity contribution in [3.8, 4) is 0 Å². The molecule has 0 saturated carbocycles. The van der Waals surface area contributed by atoms with E-state index in [4.69, 9.17) is 15.9 Å². The Labute approximate surface area is 111 Å². The first-order valence-corrected chi connectivity index (χ1v) is 6.04. The topological polar surface area (TPSA) is 71.6 Å². The van der Waals surface area contributed by atoms with E-state index in [0.717, 1.165) is 0 Å². The minimum absolute atomic E-state index is 0.0586. The van der Waals surface area contributed by atoms with E-state index in [1.54, 1.807) is 7.11 Å². The molecule has 0 spiro atoms. The van der Waals surface area contributed by atoms with Crippen LogP contribution < -0.4 is 5.73 Å². The molecule has 0 rings (SSSR count). The number of ether oxygens (including phenoxy) is 2. The van der Waals surface area contributed by atoms with Crippen molar-refractivity contribution in [2.45, 2.75) is 19.0 Å². The summed E-state index contributed by atoms with van der Waals surface area (Å²) < 4.78 is 45.0. The number of amidine groups is 1. The molecule has 5 nitrogen and oxygen atoms in total. The lowest BCUT2D eigenvalue weighted by Gasteiger charge is -2.21. The van der Waals surface area contributed by atoms with E-state index in [2.05, 4.69) is 4.74 Å². The van der Waals surface area contributed by atoms with Crippen molar-refractivity contribution in [1.82, 2.24) is 4.90 Å². The summed E-state index contributed by atoms with van der Waals surface area (Å²) in [6.07, 6.45) is -3.34. The molecule has 0 bridgehead atoms. The van der Waals surface area contributed by atoms with E-state index in [9.17, 15) is 13.2 Å². The SMILES string of the molecule is COCCN(CCCOCC(F)(F)F)CCC(=N)N. The Morgan fingerprint density at radius 2 is 1.89 bits per heavy atom. The Balaban J connectivity index is 3.75. The number of alkyl halides is 3. The monoisotopic (exact) mass is 285 g/mol. The second kappa shape index (κ2) is 9.99. The predicted octanol–water partition coefficient (Wildman–Crippen LogP) is 1.23. The highest BCUT2D eigenvalue weighted by molar-refractivity contribution is 5.76. The van der Waals surface area contributed by atoms with Gasteiger partial charge in [-0.2, -0.15) is 13.2 Å². The zero-order valence-corrected chi connectivity index (χ0v) is 11.1. The Morgan fingerprint density at radius 3 is 2.42 bits per heavy atom. The van der Waals surface area contributed by atoms with E-state index in [1.165, 1.54) is 0 Å². The van der Waals surface area contributed by atoms with Crippen LogP contribution in [0, 0.1) is 5.41 Å². The van der Waals surface area contributed by atoms with Crippen LogP contribution in [0.25, 0.3) is 0 Å². The number of halogens is 3. The number of methoxy groups -OCH3 is 1. The van der Waals surface area contributed by atoms with Gasteiger partial charge >= 0.3 is 6.18 Å². The Morgan fingerprint density at radius 1 is 1.21 bits per heavy atom. The molecule has 0 aromatic heterocycles. The van der Waals surface area contributed by atoms with Crippen molar-refractivity contribution in [3.05, 3.63) is 0 Å². The summed E-state index contributed by atoms with van der Waals surface area (Å²) in [6.45, 7) is 1.22. The number of nitrogens with one attached hydrogen (secondary N) is 1. The lowest BCUT2D eigenvalue weighted by atomic mass is 10.3. The maximum absolute atomic E-state index is 11.8. The van der Waals surface area contributed by atoms with Gasteiger partial charge in [0.15, 0.2) is 0 Å². The highest BCUT2D eigenvalue weighted by Crippen LogP contribution is 2.14. The summed E-state index contributed by atoms with van der Waals surface area (Å²) in [5.74, 6) is 0.0933. The molecule has 0 aromatic carbocycles. The molecule has 0 aromatic rings. The number of hydrogen-bond donors (Lipinski definition) is 2. The molecule has 0 saturated heterocycles.